The third kappa shape index (κ3) is 5.57. The summed E-state index contributed by atoms with van der Waals surface area (Å²) in [5.41, 5.74) is 1.77. The highest BCUT2D eigenvalue weighted by atomic mass is 19.4. The van der Waals surface area contributed by atoms with Crippen LogP contribution < -0.4 is 9.64 Å². The quantitative estimate of drug-likeness (QED) is 0.557. The molecule has 30 heavy (non-hydrogen) atoms. The van der Waals surface area contributed by atoms with Gasteiger partial charge in [-0.1, -0.05) is 18.2 Å². The van der Waals surface area contributed by atoms with Crippen molar-refractivity contribution in [2.75, 3.05) is 45.2 Å². The molecule has 2 aromatic rings. The lowest BCUT2D eigenvalue weighted by Crippen LogP contribution is -2.41. The Kier molecular flexibility index (Phi) is 7.08. The van der Waals surface area contributed by atoms with Crippen molar-refractivity contribution in [1.29, 1.82) is 0 Å². The van der Waals surface area contributed by atoms with Crippen LogP contribution in [0.1, 0.15) is 23.5 Å². The van der Waals surface area contributed by atoms with Crippen molar-refractivity contribution in [3.05, 3.63) is 72.3 Å². The van der Waals surface area contributed by atoms with Gasteiger partial charge in [0.25, 0.3) is 0 Å². The molecule has 0 bridgehead atoms. The van der Waals surface area contributed by atoms with E-state index < -0.39 is 11.7 Å². The fourth-order valence-electron chi connectivity index (χ4n) is 4.03. The zero-order chi connectivity index (χ0) is 21.7. The molecule has 0 aliphatic carbocycles. The number of piperidine rings is 1. The summed E-state index contributed by atoms with van der Waals surface area (Å²) in [6.07, 6.45) is -1.42. The molecular formula is C24H29F3N2O. The first-order chi connectivity index (χ1) is 14.3. The van der Waals surface area contributed by atoms with Crippen LogP contribution in [0.15, 0.2) is 61.2 Å². The number of halogens is 3. The normalized spacial score (nSPS) is 20.0. The van der Waals surface area contributed by atoms with Gasteiger partial charge >= 0.3 is 6.18 Å². The van der Waals surface area contributed by atoms with Crippen LogP contribution in [-0.4, -0.2) is 45.2 Å². The summed E-state index contributed by atoms with van der Waals surface area (Å²) >= 11 is 0. The molecule has 0 N–H and O–H groups in total. The molecule has 1 fully saturated rings. The van der Waals surface area contributed by atoms with E-state index in [1.165, 1.54) is 17.7 Å². The van der Waals surface area contributed by atoms with E-state index >= 15 is 0 Å². The van der Waals surface area contributed by atoms with E-state index in [1.54, 1.807) is 0 Å². The van der Waals surface area contributed by atoms with E-state index in [9.17, 15) is 13.2 Å². The summed E-state index contributed by atoms with van der Waals surface area (Å²) in [7, 11) is 4.03. The highest BCUT2D eigenvalue weighted by molar-refractivity contribution is 5.46. The monoisotopic (exact) mass is 418 g/mol. The SMILES string of the molecule is C=CCN1CC[C@H](c2ccc(N(C)C)cc2)[C@@H](COc2ccc(C(F)(F)F)cc2)C1. The second-order valence-electron chi connectivity index (χ2n) is 8.02. The molecule has 0 aromatic heterocycles. The maximum absolute atomic E-state index is 12.8. The molecule has 0 radical (unpaired) electrons. The maximum Gasteiger partial charge on any atom is 0.416 e. The summed E-state index contributed by atoms with van der Waals surface area (Å²) in [6, 6.07) is 13.5. The molecule has 3 nitrogen and oxygen atoms in total. The van der Waals surface area contributed by atoms with Crippen molar-refractivity contribution in [3.8, 4) is 5.75 Å². The second kappa shape index (κ2) is 9.56. The minimum Gasteiger partial charge on any atom is -0.493 e. The Hall–Kier alpha value is -2.47. The Balaban J connectivity index is 1.72. The van der Waals surface area contributed by atoms with Crippen molar-refractivity contribution < 1.29 is 17.9 Å². The Morgan fingerprint density at radius 3 is 2.33 bits per heavy atom. The van der Waals surface area contributed by atoms with Crippen molar-refractivity contribution >= 4 is 5.69 Å². The number of alkyl halides is 3. The Bertz CT molecular complexity index is 816. The van der Waals surface area contributed by atoms with Gasteiger partial charge in [0.1, 0.15) is 5.75 Å². The second-order valence-corrected chi connectivity index (χ2v) is 8.02. The van der Waals surface area contributed by atoms with Gasteiger partial charge in [0.05, 0.1) is 12.2 Å². The van der Waals surface area contributed by atoms with E-state index in [-0.39, 0.29) is 5.92 Å². The minimum atomic E-state index is -4.34. The zero-order valence-electron chi connectivity index (χ0n) is 17.5. The van der Waals surface area contributed by atoms with Crippen LogP contribution in [0.3, 0.4) is 0 Å². The van der Waals surface area contributed by atoms with E-state index in [0.717, 1.165) is 43.9 Å². The topological polar surface area (TPSA) is 15.7 Å². The van der Waals surface area contributed by atoms with Crippen LogP contribution in [0.5, 0.6) is 5.75 Å². The average molecular weight is 419 g/mol. The van der Waals surface area contributed by atoms with E-state index in [0.29, 0.717) is 18.3 Å². The van der Waals surface area contributed by atoms with Crippen LogP contribution in [0, 0.1) is 5.92 Å². The molecule has 0 saturated carbocycles. The molecule has 1 aliphatic heterocycles. The third-order valence-corrected chi connectivity index (χ3v) is 5.69. The summed E-state index contributed by atoms with van der Waals surface area (Å²) in [5.74, 6) is 1.05. The number of ether oxygens (including phenoxy) is 1. The Morgan fingerprint density at radius 2 is 1.77 bits per heavy atom. The summed E-state index contributed by atoms with van der Waals surface area (Å²) in [5, 5.41) is 0. The first-order valence-electron chi connectivity index (χ1n) is 10.2. The predicted molar refractivity (Wildman–Crippen MR) is 115 cm³/mol. The van der Waals surface area contributed by atoms with Crippen molar-refractivity contribution in [2.45, 2.75) is 18.5 Å². The zero-order valence-corrected chi connectivity index (χ0v) is 17.5. The summed E-state index contributed by atoms with van der Waals surface area (Å²) in [4.78, 5) is 4.42. The van der Waals surface area contributed by atoms with Gasteiger partial charge in [-0.2, -0.15) is 13.2 Å². The van der Waals surface area contributed by atoms with Gasteiger partial charge in [-0.25, -0.2) is 0 Å². The van der Waals surface area contributed by atoms with Gasteiger partial charge in [-0.15, -0.1) is 6.58 Å². The molecule has 1 heterocycles. The number of nitrogens with zero attached hydrogens (tertiary/aromatic N) is 2. The number of likely N-dealkylation sites (tertiary alicyclic amines) is 1. The highest BCUT2D eigenvalue weighted by Gasteiger charge is 2.32. The molecule has 0 spiro atoms. The number of rotatable bonds is 7. The van der Waals surface area contributed by atoms with Gasteiger partial charge in [-0.05, 0) is 60.8 Å². The van der Waals surface area contributed by atoms with Crippen molar-refractivity contribution in [2.24, 2.45) is 5.92 Å². The van der Waals surface area contributed by atoms with E-state index in [4.69, 9.17) is 4.74 Å². The first kappa shape index (κ1) is 22.2. The summed E-state index contributed by atoms with van der Waals surface area (Å²) in [6.45, 7) is 6.97. The van der Waals surface area contributed by atoms with Crippen LogP contribution in [0.4, 0.5) is 18.9 Å². The van der Waals surface area contributed by atoms with Gasteiger partial charge < -0.3 is 9.64 Å². The number of hydrogen-bond donors (Lipinski definition) is 0. The number of benzene rings is 2. The lowest BCUT2D eigenvalue weighted by Gasteiger charge is -2.38. The Morgan fingerprint density at radius 1 is 1.10 bits per heavy atom. The fraction of sp³-hybridized carbons (Fsp3) is 0.417. The van der Waals surface area contributed by atoms with E-state index in [1.807, 2.05) is 20.2 Å². The van der Waals surface area contributed by atoms with Gasteiger partial charge in [0.2, 0.25) is 0 Å². The van der Waals surface area contributed by atoms with Crippen LogP contribution in [0.25, 0.3) is 0 Å². The first-order valence-corrected chi connectivity index (χ1v) is 10.2. The fourth-order valence-corrected chi connectivity index (χ4v) is 4.03. The molecule has 2 atom stereocenters. The third-order valence-electron chi connectivity index (χ3n) is 5.69. The minimum absolute atomic E-state index is 0.242. The van der Waals surface area contributed by atoms with Gasteiger partial charge in [0.15, 0.2) is 0 Å². The van der Waals surface area contributed by atoms with Gasteiger partial charge in [-0.3, -0.25) is 4.90 Å². The molecule has 0 amide bonds. The molecule has 1 saturated heterocycles. The van der Waals surface area contributed by atoms with Crippen molar-refractivity contribution in [3.63, 3.8) is 0 Å². The average Bonchev–Trinajstić information content (AvgIpc) is 2.72. The summed E-state index contributed by atoms with van der Waals surface area (Å²) < 4.78 is 44.2. The van der Waals surface area contributed by atoms with Crippen molar-refractivity contribution in [1.82, 2.24) is 4.90 Å². The predicted octanol–water partition coefficient (Wildman–Crippen LogP) is 5.44. The number of hydrogen-bond acceptors (Lipinski definition) is 3. The maximum atomic E-state index is 12.8. The van der Waals surface area contributed by atoms with Gasteiger partial charge in [0, 0.05) is 38.8 Å². The highest BCUT2D eigenvalue weighted by Crippen LogP contribution is 2.35. The Labute approximate surface area is 176 Å². The molecule has 0 unspecified atom stereocenters. The molecule has 162 valence electrons. The molecular weight excluding hydrogens is 389 g/mol. The largest absolute Gasteiger partial charge is 0.493 e. The van der Waals surface area contributed by atoms with Crippen LogP contribution in [0.2, 0.25) is 0 Å². The van der Waals surface area contributed by atoms with Crippen LogP contribution in [-0.2, 0) is 6.18 Å². The molecule has 2 aromatic carbocycles. The van der Waals surface area contributed by atoms with E-state index in [2.05, 4.69) is 40.6 Å². The lowest BCUT2D eigenvalue weighted by atomic mass is 9.80. The molecule has 6 heteroatoms. The van der Waals surface area contributed by atoms with Crippen LogP contribution >= 0.6 is 0 Å². The molecule has 3 rings (SSSR count). The number of anilines is 1. The standard InChI is InChI=1S/C24H29F3N2O/c1-4-14-29-15-13-23(18-5-9-21(10-6-18)28(2)3)19(16-29)17-30-22-11-7-20(8-12-22)24(25,26)27/h4-12,19,23H,1,13-17H2,2-3H3/t19-,23-/m1/s1. The molecule has 1 aliphatic rings. The lowest BCUT2D eigenvalue weighted by molar-refractivity contribution is -0.137. The smallest absolute Gasteiger partial charge is 0.416 e.